The summed E-state index contributed by atoms with van der Waals surface area (Å²) in [6.45, 7) is 3.83. The lowest BCUT2D eigenvalue weighted by molar-refractivity contribution is -0.384. The molecule has 6 heteroatoms. The van der Waals surface area contributed by atoms with Crippen molar-refractivity contribution in [3.63, 3.8) is 0 Å². The van der Waals surface area contributed by atoms with Crippen LogP contribution in [0, 0.1) is 16.0 Å². The average molecular weight is 293 g/mol. The van der Waals surface area contributed by atoms with Gasteiger partial charge in [0.15, 0.2) is 0 Å². The van der Waals surface area contributed by atoms with Crippen LogP contribution in [0.4, 0.5) is 5.69 Å². The molecule has 6 nitrogen and oxygen atoms in total. The minimum atomic E-state index is -0.565. The Labute approximate surface area is 123 Å². The predicted octanol–water partition coefficient (Wildman–Crippen LogP) is 3.03. The van der Waals surface area contributed by atoms with Gasteiger partial charge in [-0.15, -0.1) is 0 Å². The second-order valence-electron chi connectivity index (χ2n) is 4.74. The summed E-state index contributed by atoms with van der Waals surface area (Å²) >= 11 is 0. The maximum Gasteiger partial charge on any atom is 0.313 e. The molecule has 0 saturated carbocycles. The third-order valence-corrected chi connectivity index (χ3v) is 3.31. The highest BCUT2D eigenvalue weighted by Crippen LogP contribution is 2.14. The van der Waals surface area contributed by atoms with Gasteiger partial charge in [0.2, 0.25) is 0 Å². The van der Waals surface area contributed by atoms with Gasteiger partial charge in [0.1, 0.15) is 18.8 Å². The summed E-state index contributed by atoms with van der Waals surface area (Å²) in [5.74, 6) is -0.768. The Kier molecular flexibility index (Phi) is 6.52. The minimum absolute atomic E-state index is 0.00697. The first-order valence-electron chi connectivity index (χ1n) is 6.89. The van der Waals surface area contributed by atoms with Crippen LogP contribution in [-0.4, -0.2) is 16.7 Å². The topological polar surface area (TPSA) is 86.5 Å². The lowest BCUT2D eigenvalue weighted by Crippen LogP contribution is -2.18. The highest BCUT2D eigenvalue weighted by atomic mass is 16.6. The first-order chi connectivity index (χ1) is 9.97. The van der Waals surface area contributed by atoms with Gasteiger partial charge >= 0.3 is 5.97 Å². The van der Waals surface area contributed by atoms with E-state index in [-0.39, 0.29) is 30.4 Å². The number of non-ortho nitro benzene ring substituents is 1. The number of hydrogen-bond acceptors (Lipinski definition) is 5. The van der Waals surface area contributed by atoms with Crippen molar-refractivity contribution in [1.82, 2.24) is 0 Å². The fourth-order valence-electron chi connectivity index (χ4n) is 1.96. The molecule has 0 saturated heterocycles. The summed E-state index contributed by atoms with van der Waals surface area (Å²) in [5.41, 5.74) is 0.623. The monoisotopic (exact) mass is 293 g/mol. The second kappa shape index (κ2) is 8.14. The van der Waals surface area contributed by atoms with Crippen molar-refractivity contribution in [2.75, 3.05) is 0 Å². The molecule has 0 unspecified atom stereocenters. The van der Waals surface area contributed by atoms with E-state index in [1.54, 1.807) is 0 Å². The Morgan fingerprint density at radius 1 is 1.19 bits per heavy atom. The third kappa shape index (κ3) is 5.33. The zero-order valence-electron chi connectivity index (χ0n) is 12.2. The Bertz CT molecular complexity index is 505. The highest BCUT2D eigenvalue weighted by Gasteiger charge is 2.18. The van der Waals surface area contributed by atoms with Crippen LogP contribution in [0.25, 0.3) is 0 Å². The molecule has 21 heavy (non-hydrogen) atoms. The van der Waals surface area contributed by atoms with Gasteiger partial charge < -0.3 is 4.74 Å². The molecule has 0 N–H and O–H groups in total. The summed E-state index contributed by atoms with van der Waals surface area (Å²) in [6.07, 6.45) is 1.20. The molecule has 114 valence electrons. The van der Waals surface area contributed by atoms with Crippen LogP contribution < -0.4 is 0 Å². The molecule has 0 bridgehead atoms. The number of ether oxygens (including phenoxy) is 1. The number of ketones is 1. The van der Waals surface area contributed by atoms with E-state index in [0.717, 1.165) is 0 Å². The number of Topliss-reactive ketones (excluding diaryl/α,β-unsaturated/α-hetero) is 1. The van der Waals surface area contributed by atoms with Gasteiger partial charge in [-0.25, -0.2) is 0 Å². The zero-order valence-corrected chi connectivity index (χ0v) is 12.2. The number of carbonyl (C=O) groups is 2. The summed E-state index contributed by atoms with van der Waals surface area (Å²) in [7, 11) is 0. The summed E-state index contributed by atoms with van der Waals surface area (Å²) < 4.78 is 5.01. The minimum Gasteiger partial charge on any atom is -0.460 e. The van der Waals surface area contributed by atoms with Crippen molar-refractivity contribution < 1.29 is 19.2 Å². The molecule has 0 heterocycles. The van der Waals surface area contributed by atoms with Crippen molar-refractivity contribution in [1.29, 1.82) is 0 Å². The molecule has 1 aromatic carbocycles. The summed E-state index contributed by atoms with van der Waals surface area (Å²) in [4.78, 5) is 33.4. The molecular formula is C15H19NO5. The molecule has 1 aromatic rings. The van der Waals surface area contributed by atoms with Crippen LogP contribution in [0.3, 0.4) is 0 Å². The van der Waals surface area contributed by atoms with Crippen molar-refractivity contribution in [3.8, 4) is 0 Å². The molecule has 0 aliphatic heterocycles. The zero-order chi connectivity index (χ0) is 15.8. The van der Waals surface area contributed by atoms with E-state index < -0.39 is 10.9 Å². The van der Waals surface area contributed by atoms with Crippen molar-refractivity contribution in [2.45, 2.75) is 39.7 Å². The molecular weight excluding hydrogens is 274 g/mol. The van der Waals surface area contributed by atoms with E-state index >= 15 is 0 Å². The quantitative estimate of drug-likeness (QED) is 0.318. The number of nitro benzene ring substituents is 1. The number of nitro groups is 1. The van der Waals surface area contributed by atoms with Gasteiger partial charge in [0.05, 0.1) is 4.92 Å². The van der Waals surface area contributed by atoms with Crippen molar-refractivity contribution >= 4 is 17.4 Å². The van der Waals surface area contributed by atoms with E-state index in [0.29, 0.717) is 18.4 Å². The lowest BCUT2D eigenvalue weighted by atomic mass is 9.96. The second-order valence-corrected chi connectivity index (χ2v) is 4.74. The van der Waals surface area contributed by atoms with Gasteiger partial charge in [0, 0.05) is 18.1 Å². The van der Waals surface area contributed by atoms with E-state index in [1.165, 1.54) is 24.3 Å². The van der Waals surface area contributed by atoms with E-state index in [9.17, 15) is 19.7 Å². The van der Waals surface area contributed by atoms with Crippen molar-refractivity contribution in [3.05, 3.63) is 39.9 Å². The van der Waals surface area contributed by atoms with Gasteiger partial charge in [-0.1, -0.05) is 13.8 Å². The van der Waals surface area contributed by atoms with Gasteiger partial charge in [-0.2, -0.15) is 0 Å². The molecule has 0 spiro atoms. The summed E-state index contributed by atoms with van der Waals surface area (Å²) in [5, 5.41) is 10.5. The Hall–Kier alpha value is -2.24. The average Bonchev–Trinajstić information content (AvgIpc) is 2.46. The fourth-order valence-corrected chi connectivity index (χ4v) is 1.96. The number of nitrogens with zero attached hydrogens (tertiary/aromatic N) is 1. The van der Waals surface area contributed by atoms with Crippen LogP contribution >= 0.6 is 0 Å². The van der Waals surface area contributed by atoms with Crippen LogP contribution in [0.1, 0.15) is 38.7 Å². The van der Waals surface area contributed by atoms with Crippen LogP contribution in [0.15, 0.2) is 24.3 Å². The van der Waals surface area contributed by atoms with Gasteiger partial charge in [0.25, 0.3) is 5.69 Å². The highest BCUT2D eigenvalue weighted by molar-refractivity contribution is 5.96. The van der Waals surface area contributed by atoms with Crippen LogP contribution in [0.5, 0.6) is 0 Å². The van der Waals surface area contributed by atoms with Crippen molar-refractivity contribution in [2.24, 2.45) is 5.92 Å². The fraction of sp³-hybridized carbons (Fsp3) is 0.467. The maximum atomic E-state index is 11.8. The number of carbonyl (C=O) groups excluding carboxylic acids is 2. The molecule has 0 aromatic heterocycles. The van der Waals surface area contributed by atoms with E-state index in [4.69, 9.17) is 4.74 Å². The smallest absolute Gasteiger partial charge is 0.313 e. The molecule has 0 aliphatic carbocycles. The number of esters is 1. The molecule has 1 rings (SSSR count). The lowest BCUT2D eigenvalue weighted by Gasteiger charge is -2.10. The third-order valence-electron chi connectivity index (χ3n) is 3.31. The molecule has 0 radical (unpaired) electrons. The predicted molar refractivity (Wildman–Crippen MR) is 76.6 cm³/mol. The number of benzene rings is 1. The van der Waals surface area contributed by atoms with Crippen LogP contribution in [0.2, 0.25) is 0 Å². The normalized spacial score (nSPS) is 10.4. The van der Waals surface area contributed by atoms with E-state index in [2.05, 4.69) is 0 Å². The first-order valence-corrected chi connectivity index (χ1v) is 6.89. The number of rotatable bonds is 8. The first kappa shape index (κ1) is 16.8. The Balaban J connectivity index is 2.46. The molecule has 0 aliphatic rings. The molecule has 0 atom stereocenters. The standard InChI is InChI=1S/C15H19NO5/c1-3-12(4-2)14(17)9-15(18)21-10-11-5-7-13(8-6-11)16(19)20/h5-8,12H,3-4,9-10H2,1-2H3. The number of hydrogen-bond donors (Lipinski definition) is 0. The Morgan fingerprint density at radius 2 is 1.76 bits per heavy atom. The largest absolute Gasteiger partial charge is 0.460 e. The SMILES string of the molecule is CCC(CC)C(=O)CC(=O)OCc1ccc([N+](=O)[O-])cc1. The van der Waals surface area contributed by atoms with Crippen LogP contribution in [-0.2, 0) is 20.9 Å². The summed E-state index contributed by atoms with van der Waals surface area (Å²) in [6, 6.07) is 5.74. The van der Waals surface area contributed by atoms with Gasteiger partial charge in [-0.3, -0.25) is 19.7 Å². The maximum absolute atomic E-state index is 11.8. The molecule has 0 fully saturated rings. The van der Waals surface area contributed by atoms with Gasteiger partial charge in [-0.05, 0) is 30.5 Å². The Morgan fingerprint density at radius 3 is 2.24 bits per heavy atom. The molecule has 0 amide bonds. The van der Waals surface area contributed by atoms with E-state index in [1.807, 2.05) is 13.8 Å².